The molecule has 1 aromatic heterocycles. The lowest BCUT2D eigenvalue weighted by atomic mass is 10.1. The molecule has 1 atom stereocenters. The van der Waals surface area contributed by atoms with Gasteiger partial charge in [0.15, 0.2) is 5.13 Å². The van der Waals surface area contributed by atoms with Crippen molar-refractivity contribution in [1.82, 2.24) is 10.3 Å². The molecular weight excluding hydrogens is 266 g/mol. The summed E-state index contributed by atoms with van der Waals surface area (Å²) in [5.74, 6) is -0.0282. The number of rotatable bonds is 7. The minimum absolute atomic E-state index is 0.0282. The highest BCUT2D eigenvalue weighted by atomic mass is 32.1. The standard InChI is InChI=1S/C12H21N3O3S/c1-4-15(9(2)17)11-14-10(6-19-11)5-13-7-12(3,18)8-16/h6,13,16,18H,4-5,7-8H2,1-3H3. The predicted octanol–water partition coefficient (Wildman–Crippen LogP) is 0.349. The van der Waals surface area contributed by atoms with Crippen LogP contribution in [0.15, 0.2) is 5.38 Å². The van der Waals surface area contributed by atoms with E-state index in [0.29, 0.717) is 18.2 Å². The van der Waals surface area contributed by atoms with Crippen LogP contribution in [0.4, 0.5) is 5.13 Å². The minimum atomic E-state index is -1.13. The van der Waals surface area contributed by atoms with E-state index in [0.717, 1.165) is 5.69 Å². The van der Waals surface area contributed by atoms with Crippen LogP contribution in [0, 0.1) is 0 Å². The van der Waals surface area contributed by atoms with Crippen molar-refractivity contribution >= 4 is 22.4 Å². The van der Waals surface area contributed by atoms with E-state index in [-0.39, 0.29) is 19.1 Å². The molecule has 0 spiro atoms. The number of hydrogen-bond donors (Lipinski definition) is 3. The quantitative estimate of drug-likeness (QED) is 0.674. The van der Waals surface area contributed by atoms with Crippen LogP contribution in [0.3, 0.4) is 0 Å². The summed E-state index contributed by atoms with van der Waals surface area (Å²) < 4.78 is 0. The summed E-state index contributed by atoms with van der Waals surface area (Å²) in [5, 5.41) is 24.1. The molecule has 1 unspecified atom stereocenters. The SMILES string of the molecule is CCN(C(C)=O)c1nc(CNCC(C)(O)CO)cs1. The Kier molecular flexibility index (Phi) is 5.86. The fraction of sp³-hybridized carbons (Fsp3) is 0.667. The summed E-state index contributed by atoms with van der Waals surface area (Å²) in [6.07, 6.45) is 0. The number of thiazole rings is 1. The average Bonchev–Trinajstić information content (AvgIpc) is 2.78. The van der Waals surface area contributed by atoms with Gasteiger partial charge in [-0.25, -0.2) is 4.98 Å². The van der Waals surface area contributed by atoms with Crippen LogP contribution < -0.4 is 10.2 Å². The summed E-state index contributed by atoms with van der Waals surface area (Å²) in [5.41, 5.74) is -0.318. The zero-order valence-electron chi connectivity index (χ0n) is 11.5. The predicted molar refractivity (Wildman–Crippen MR) is 75.2 cm³/mol. The maximum atomic E-state index is 11.4. The Morgan fingerprint density at radius 1 is 1.63 bits per heavy atom. The Bertz CT molecular complexity index is 420. The Labute approximate surface area is 117 Å². The number of amides is 1. The first-order valence-corrected chi connectivity index (χ1v) is 7.04. The monoisotopic (exact) mass is 287 g/mol. The molecule has 1 rings (SSSR count). The molecule has 0 saturated carbocycles. The number of carbonyl (C=O) groups excluding carboxylic acids is 1. The Morgan fingerprint density at radius 3 is 2.84 bits per heavy atom. The molecule has 0 aliphatic rings. The van der Waals surface area contributed by atoms with Crippen LogP contribution in [0.5, 0.6) is 0 Å². The van der Waals surface area contributed by atoms with Crippen molar-refractivity contribution in [3.05, 3.63) is 11.1 Å². The lowest BCUT2D eigenvalue weighted by molar-refractivity contribution is -0.116. The third-order valence-electron chi connectivity index (χ3n) is 2.62. The fourth-order valence-electron chi connectivity index (χ4n) is 1.51. The molecule has 0 aliphatic carbocycles. The molecule has 6 nitrogen and oxygen atoms in total. The molecule has 0 bridgehead atoms. The van der Waals surface area contributed by atoms with Crippen molar-refractivity contribution in [3.63, 3.8) is 0 Å². The van der Waals surface area contributed by atoms with Gasteiger partial charge in [0.1, 0.15) is 0 Å². The van der Waals surface area contributed by atoms with Gasteiger partial charge in [0.2, 0.25) is 5.91 Å². The number of aliphatic hydroxyl groups excluding tert-OH is 1. The maximum absolute atomic E-state index is 11.4. The van der Waals surface area contributed by atoms with E-state index in [1.165, 1.54) is 18.3 Å². The van der Waals surface area contributed by atoms with Crippen LogP contribution in [-0.2, 0) is 11.3 Å². The van der Waals surface area contributed by atoms with Crippen molar-refractivity contribution < 1.29 is 15.0 Å². The van der Waals surface area contributed by atoms with E-state index in [1.807, 2.05) is 12.3 Å². The summed E-state index contributed by atoms with van der Waals surface area (Å²) >= 11 is 1.42. The maximum Gasteiger partial charge on any atom is 0.225 e. The normalized spacial score (nSPS) is 14.2. The van der Waals surface area contributed by atoms with E-state index < -0.39 is 5.60 Å². The van der Waals surface area contributed by atoms with Gasteiger partial charge >= 0.3 is 0 Å². The van der Waals surface area contributed by atoms with Gasteiger partial charge in [0.05, 0.1) is 17.9 Å². The van der Waals surface area contributed by atoms with Crippen LogP contribution in [-0.4, -0.2) is 46.4 Å². The summed E-state index contributed by atoms with van der Waals surface area (Å²) in [7, 11) is 0. The summed E-state index contributed by atoms with van der Waals surface area (Å²) in [6, 6.07) is 0. The van der Waals surface area contributed by atoms with Gasteiger partial charge in [-0.1, -0.05) is 0 Å². The van der Waals surface area contributed by atoms with Crippen LogP contribution >= 0.6 is 11.3 Å². The lowest BCUT2D eigenvalue weighted by Gasteiger charge is -2.20. The van der Waals surface area contributed by atoms with Crippen molar-refractivity contribution in [2.45, 2.75) is 32.9 Å². The highest BCUT2D eigenvalue weighted by Gasteiger charge is 2.18. The molecule has 0 radical (unpaired) electrons. The van der Waals surface area contributed by atoms with E-state index in [4.69, 9.17) is 5.11 Å². The van der Waals surface area contributed by atoms with Gasteiger partial charge in [-0.3, -0.25) is 9.69 Å². The van der Waals surface area contributed by atoms with Gasteiger partial charge in [0.25, 0.3) is 0 Å². The topological polar surface area (TPSA) is 85.7 Å². The van der Waals surface area contributed by atoms with Crippen LogP contribution in [0.25, 0.3) is 0 Å². The molecule has 108 valence electrons. The highest BCUT2D eigenvalue weighted by Crippen LogP contribution is 2.20. The number of nitrogens with zero attached hydrogens (tertiary/aromatic N) is 2. The molecule has 0 saturated heterocycles. The molecular formula is C12H21N3O3S. The van der Waals surface area contributed by atoms with Crippen molar-refractivity contribution in [2.75, 3.05) is 24.6 Å². The first-order valence-electron chi connectivity index (χ1n) is 6.16. The first kappa shape index (κ1) is 16.0. The molecule has 3 N–H and O–H groups in total. The molecule has 1 aromatic rings. The number of aromatic nitrogens is 1. The van der Waals surface area contributed by atoms with E-state index in [2.05, 4.69) is 10.3 Å². The van der Waals surface area contributed by atoms with Crippen molar-refractivity contribution in [2.24, 2.45) is 0 Å². The van der Waals surface area contributed by atoms with E-state index >= 15 is 0 Å². The molecule has 0 aliphatic heterocycles. The van der Waals surface area contributed by atoms with E-state index in [9.17, 15) is 9.90 Å². The molecule has 1 heterocycles. The summed E-state index contributed by atoms with van der Waals surface area (Å²) in [6.45, 7) is 6.04. The Hall–Kier alpha value is -1.02. The first-order chi connectivity index (χ1) is 8.89. The number of aliphatic hydroxyl groups is 2. The molecule has 1 amide bonds. The molecule has 0 aromatic carbocycles. The number of carbonyl (C=O) groups is 1. The van der Waals surface area contributed by atoms with Crippen LogP contribution in [0.2, 0.25) is 0 Å². The average molecular weight is 287 g/mol. The third kappa shape index (κ3) is 4.87. The van der Waals surface area contributed by atoms with Gasteiger partial charge < -0.3 is 15.5 Å². The van der Waals surface area contributed by atoms with Gasteiger partial charge in [-0.05, 0) is 13.8 Å². The van der Waals surface area contributed by atoms with Gasteiger partial charge in [-0.2, -0.15) is 0 Å². The van der Waals surface area contributed by atoms with Gasteiger partial charge in [-0.15, -0.1) is 11.3 Å². The van der Waals surface area contributed by atoms with Crippen molar-refractivity contribution in [1.29, 1.82) is 0 Å². The molecule has 0 fully saturated rings. The lowest BCUT2D eigenvalue weighted by Crippen LogP contribution is -2.40. The highest BCUT2D eigenvalue weighted by molar-refractivity contribution is 7.14. The zero-order chi connectivity index (χ0) is 14.5. The van der Waals surface area contributed by atoms with Crippen molar-refractivity contribution in [3.8, 4) is 0 Å². The molecule has 19 heavy (non-hydrogen) atoms. The second kappa shape index (κ2) is 6.95. The Balaban J connectivity index is 2.54. The number of anilines is 1. The third-order valence-corrected chi connectivity index (χ3v) is 3.53. The zero-order valence-corrected chi connectivity index (χ0v) is 12.3. The number of hydrogen-bond acceptors (Lipinski definition) is 6. The fourth-order valence-corrected chi connectivity index (χ4v) is 2.44. The Morgan fingerprint density at radius 2 is 2.32 bits per heavy atom. The van der Waals surface area contributed by atoms with Gasteiger partial charge in [0, 0.05) is 31.9 Å². The van der Waals surface area contributed by atoms with E-state index in [1.54, 1.807) is 11.8 Å². The minimum Gasteiger partial charge on any atom is -0.393 e. The smallest absolute Gasteiger partial charge is 0.225 e. The van der Waals surface area contributed by atoms with Crippen LogP contribution in [0.1, 0.15) is 26.5 Å². The number of nitrogens with one attached hydrogen (secondary N) is 1. The largest absolute Gasteiger partial charge is 0.393 e. The second-order valence-electron chi connectivity index (χ2n) is 4.64. The second-order valence-corrected chi connectivity index (χ2v) is 5.48. The summed E-state index contributed by atoms with van der Waals surface area (Å²) in [4.78, 5) is 17.4. The molecule has 7 heteroatoms.